The minimum absolute atomic E-state index is 0.0730. The summed E-state index contributed by atoms with van der Waals surface area (Å²) in [5, 5.41) is 2.42. The Kier molecular flexibility index (Phi) is 5.35. The number of benzene rings is 1. The van der Waals surface area contributed by atoms with Crippen molar-refractivity contribution in [3.63, 3.8) is 0 Å². The van der Waals surface area contributed by atoms with Crippen LogP contribution in [0.15, 0.2) is 55.0 Å². The molecule has 1 aromatic carbocycles. The van der Waals surface area contributed by atoms with Gasteiger partial charge in [0, 0.05) is 55.8 Å². The van der Waals surface area contributed by atoms with E-state index < -0.39 is 0 Å². The Morgan fingerprint density at radius 2 is 1.93 bits per heavy atom. The molecular formula is C23H26N4O. The molecular weight excluding hydrogens is 348 g/mol. The van der Waals surface area contributed by atoms with Gasteiger partial charge in [0.05, 0.1) is 5.56 Å². The molecule has 28 heavy (non-hydrogen) atoms. The van der Waals surface area contributed by atoms with E-state index in [1.165, 1.54) is 16.3 Å². The summed E-state index contributed by atoms with van der Waals surface area (Å²) >= 11 is 0. The monoisotopic (exact) mass is 374 g/mol. The Bertz CT molecular complexity index is 965. The molecule has 0 aliphatic carbocycles. The zero-order valence-electron chi connectivity index (χ0n) is 16.5. The highest BCUT2D eigenvalue weighted by Crippen LogP contribution is 2.22. The summed E-state index contributed by atoms with van der Waals surface area (Å²) < 4.78 is 0. The summed E-state index contributed by atoms with van der Waals surface area (Å²) in [5.74, 6) is 0.436. The number of carbonyl (C=O) groups excluding carboxylic acids is 1. The summed E-state index contributed by atoms with van der Waals surface area (Å²) in [6.07, 6.45) is 6.49. The smallest absolute Gasteiger partial charge is 0.255 e. The van der Waals surface area contributed by atoms with Gasteiger partial charge in [0.15, 0.2) is 0 Å². The highest BCUT2D eigenvalue weighted by Gasteiger charge is 2.25. The van der Waals surface area contributed by atoms with E-state index in [0.717, 1.165) is 38.3 Å². The van der Waals surface area contributed by atoms with Crippen molar-refractivity contribution >= 4 is 16.7 Å². The number of carbonyl (C=O) groups is 1. The van der Waals surface area contributed by atoms with Crippen LogP contribution in [0.2, 0.25) is 0 Å². The molecule has 0 radical (unpaired) electrons. The largest absolute Gasteiger partial charge is 0.337 e. The molecule has 3 aromatic rings. The highest BCUT2D eigenvalue weighted by molar-refractivity contribution is 5.94. The Morgan fingerprint density at radius 1 is 1.07 bits per heavy atom. The first-order valence-corrected chi connectivity index (χ1v) is 9.82. The predicted molar refractivity (Wildman–Crippen MR) is 111 cm³/mol. The van der Waals surface area contributed by atoms with Gasteiger partial charge in [-0.05, 0) is 49.4 Å². The molecule has 0 spiro atoms. The fourth-order valence-corrected chi connectivity index (χ4v) is 4.03. The standard InChI is InChI=1S/C23H26N4O/c1-17-7-8-20(14-25-17)23(28)27-10-9-26(2)15-18(16-27)11-21-13-24-12-19-5-3-4-6-22(19)21/h3-8,12-14,18H,9-11,15-16H2,1-2H3/t18-/m1/s1. The normalized spacial score (nSPS) is 18.2. The Morgan fingerprint density at radius 3 is 2.75 bits per heavy atom. The fraction of sp³-hybridized carbons (Fsp3) is 0.348. The third-order valence-electron chi connectivity index (χ3n) is 5.50. The maximum absolute atomic E-state index is 13.0. The van der Waals surface area contributed by atoms with E-state index >= 15 is 0 Å². The van der Waals surface area contributed by atoms with E-state index in [4.69, 9.17) is 0 Å². The molecule has 4 rings (SSSR count). The number of pyridine rings is 2. The molecule has 0 unspecified atom stereocenters. The lowest BCUT2D eigenvalue weighted by molar-refractivity contribution is 0.0746. The van der Waals surface area contributed by atoms with Gasteiger partial charge in [0.25, 0.3) is 5.91 Å². The molecule has 3 heterocycles. The molecule has 0 N–H and O–H groups in total. The number of hydrogen-bond donors (Lipinski definition) is 0. The minimum atomic E-state index is 0.0730. The van der Waals surface area contributed by atoms with Crippen molar-refractivity contribution in [2.75, 3.05) is 33.2 Å². The van der Waals surface area contributed by atoms with Crippen LogP contribution in [0.25, 0.3) is 10.8 Å². The maximum atomic E-state index is 13.0. The van der Waals surface area contributed by atoms with Crippen LogP contribution in [0.1, 0.15) is 21.6 Å². The van der Waals surface area contributed by atoms with Gasteiger partial charge in [-0.2, -0.15) is 0 Å². The first kappa shape index (κ1) is 18.6. The number of amides is 1. The number of fused-ring (bicyclic) bond motifs is 1. The van der Waals surface area contributed by atoms with Crippen molar-refractivity contribution in [1.29, 1.82) is 0 Å². The van der Waals surface area contributed by atoms with Gasteiger partial charge in [0.2, 0.25) is 0 Å². The van der Waals surface area contributed by atoms with Crippen molar-refractivity contribution in [1.82, 2.24) is 19.8 Å². The average molecular weight is 374 g/mol. The van der Waals surface area contributed by atoms with E-state index in [-0.39, 0.29) is 5.91 Å². The zero-order chi connectivity index (χ0) is 19.5. The minimum Gasteiger partial charge on any atom is -0.337 e. The second-order valence-corrected chi connectivity index (χ2v) is 7.79. The van der Waals surface area contributed by atoms with E-state index in [2.05, 4.69) is 40.1 Å². The second kappa shape index (κ2) is 8.07. The molecule has 1 aliphatic rings. The Hall–Kier alpha value is -2.79. The second-order valence-electron chi connectivity index (χ2n) is 7.79. The van der Waals surface area contributed by atoms with Crippen molar-refractivity contribution < 1.29 is 4.79 Å². The lowest BCUT2D eigenvalue weighted by Gasteiger charge is -2.24. The van der Waals surface area contributed by atoms with Crippen LogP contribution in [-0.2, 0) is 6.42 Å². The summed E-state index contributed by atoms with van der Waals surface area (Å²) in [6.45, 7) is 5.28. The maximum Gasteiger partial charge on any atom is 0.255 e. The zero-order valence-corrected chi connectivity index (χ0v) is 16.5. The number of rotatable bonds is 3. The van der Waals surface area contributed by atoms with E-state index in [0.29, 0.717) is 11.5 Å². The van der Waals surface area contributed by atoms with Crippen LogP contribution in [-0.4, -0.2) is 58.9 Å². The summed E-state index contributed by atoms with van der Waals surface area (Å²) in [6, 6.07) is 12.2. The quantitative estimate of drug-likeness (QED) is 0.706. The van der Waals surface area contributed by atoms with Gasteiger partial charge < -0.3 is 9.80 Å². The van der Waals surface area contributed by atoms with Crippen molar-refractivity contribution in [2.45, 2.75) is 13.3 Å². The number of aromatic nitrogens is 2. The fourth-order valence-electron chi connectivity index (χ4n) is 4.03. The topological polar surface area (TPSA) is 49.3 Å². The van der Waals surface area contributed by atoms with E-state index in [9.17, 15) is 4.79 Å². The number of aryl methyl sites for hydroxylation is 1. The molecule has 1 amide bonds. The van der Waals surface area contributed by atoms with Gasteiger partial charge in [-0.3, -0.25) is 14.8 Å². The van der Waals surface area contributed by atoms with Gasteiger partial charge >= 0.3 is 0 Å². The molecule has 1 saturated heterocycles. The van der Waals surface area contributed by atoms with Crippen molar-refractivity contribution in [2.24, 2.45) is 5.92 Å². The van der Waals surface area contributed by atoms with Crippen LogP contribution in [0.4, 0.5) is 0 Å². The van der Waals surface area contributed by atoms with Gasteiger partial charge in [0.1, 0.15) is 0 Å². The van der Waals surface area contributed by atoms with E-state index in [1.807, 2.05) is 42.4 Å². The van der Waals surface area contributed by atoms with Crippen LogP contribution in [0.3, 0.4) is 0 Å². The molecule has 144 valence electrons. The molecule has 2 aromatic heterocycles. The lowest BCUT2D eigenvalue weighted by atomic mass is 9.96. The SMILES string of the molecule is Cc1ccc(C(=O)N2CCN(C)C[C@@H](Cc3cncc4ccccc34)C2)cn1. The van der Waals surface area contributed by atoms with Gasteiger partial charge in [-0.25, -0.2) is 0 Å². The first-order valence-electron chi connectivity index (χ1n) is 9.82. The summed E-state index contributed by atoms with van der Waals surface area (Å²) in [7, 11) is 2.13. The molecule has 1 atom stereocenters. The van der Waals surface area contributed by atoms with Crippen LogP contribution in [0, 0.1) is 12.8 Å². The molecule has 5 nitrogen and oxygen atoms in total. The third-order valence-corrected chi connectivity index (χ3v) is 5.50. The molecule has 5 heteroatoms. The summed E-state index contributed by atoms with van der Waals surface area (Å²) in [4.78, 5) is 26.1. The predicted octanol–water partition coefficient (Wildman–Crippen LogP) is 3.18. The van der Waals surface area contributed by atoms with Gasteiger partial charge in [-0.1, -0.05) is 24.3 Å². The number of hydrogen-bond acceptors (Lipinski definition) is 4. The van der Waals surface area contributed by atoms with Gasteiger partial charge in [-0.15, -0.1) is 0 Å². The molecule has 0 saturated carbocycles. The molecule has 0 bridgehead atoms. The van der Waals surface area contributed by atoms with Crippen molar-refractivity contribution in [3.05, 3.63) is 71.8 Å². The van der Waals surface area contributed by atoms with Crippen LogP contribution in [0.5, 0.6) is 0 Å². The number of nitrogens with zero attached hydrogens (tertiary/aromatic N) is 4. The Balaban J connectivity index is 1.56. The Labute approximate surface area is 166 Å². The molecule has 1 fully saturated rings. The lowest BCUT2D eigenvalue weighted by Crippen LogP contribution is -2.36. The van der Waals surface area contributed by atoms with Crippen LogP contribution >= 0.6 is 0 Å². The first-order chi connectivity index (χ1) is 13.6. The average Bonchev–Trinajstić information content (AvgIpc) is 2.89. The third kappa shape index (κ3) is 4.04. The van der Waals surface area contributed by atoms with Crippen LogP contribution < -0.4 is 0 Å². The molecule has 1 aliphatic heterocycles. The van der Waals surface area contributed by atoms with Crippen molar-refractivity contribution in [3.8, 4) is 0 Å². The summed E-state index contributed by atoms with van der Waals surface area (Å²) in [5.41, 5.74) is 2.84. The van der Waals surface area contributed by atoms with E-state index in [1.54, 1.807) is 6.20 Å². The highest BCUT2D eigenvalue weighted by atomic mass is 16.2. The number of likely N-dealkylation sites (N-methyl/N-ethyl adjacent to an activating group) is 1.